The van der Waals surface area contributed by atoms with Gasteiger partial charge in [-0.05, 0) is 38.2 Å². The molecule has 1 amide bonds. The third kappa shape index (κ3) is 4.22. The van der Waals surface area contributed by atoms with Crippen LogP contribution in [0.15, 0.2) is 30.3 Å². The number of aliphatic hydroxyl groups excluding tert-OH is 1. The summed E-state index contributed by atoms with van der Waals surface area (Å²) in [6, 6.07) is 9.76. The minimum absolute atomic E-state index is 0. The zero-order valence-corrected chi connectivity index (χ0v) is 14.2. The van der Waals surface area contributed by atoms with E-state index in [1.165, 1.54) is 0 Å². The number of piperidine rings is 1. The van der Waals surface area contributed by atoms with Crippen molar-refractivity contribution in [2.45, 2.75) is 32.8 Å². The normalized spacial score (nSPS) is 17.7. The van der Waals surface area contributed by atoms with Crippen LogP contribution in [0.2, 0.25) is 0 Å². The average molecular weight is 327 g/mol. The van der Waals surface area contributed by atoms with Gasteiger partial charge in [-0.25, -0.2) is 0 Å². The number of benzene rings is 1. The second-order valence-corrected chi connectivity index (χ2v) is 6.57. The van der Waals surface area contributed by atoms with Crippen molar-refractivity contribution in [2.24, 2.45) is 17.1 Å². The Morgan fingerprint density at radius 3 is 2.36 bits per heavy atom. The number of nitrogens with zero attached hydrogens (tertiary/aromatic N) is 1. The van der Waals surface area contributed by atoms with Gasteiger partial charge in [0.15, 0.2) is 0 Å². The van der Waals surface area contributed by atoms with Crippen molar-refractivity contribution >= 4 is 18.3 Å². The zero-order valence-electron chi connectivity index (χ0n) is 13.4. The van der Waals surface area contributed by atoms with Crippen LogP contribution in [0.3, 0.4) is 0 Å². The Morgan fingerprint density at radius 1 is 1.32 bits per heavy atom. The summed E-state index contributed by atoms with van der Waals surface area (Å²) < 4.78 is 0. The van der Waals surface area contributed by atoms with E-state index < -0.39 is 11.5 Å². The van der Waals surface area contributed by atoms with Crippen LogP contribution in [-0.2, 0) is 4.79 Å². The number of carbonyl (C=O) groups is 1. The third-order valence-corrected chi connectivity index (χ3v) is 4.50. The zero-order chi connectivity index (χ0) is 15.5. The van der Waals surface area contributed by atoms with Crippen molar-refractivity contribution in [3.05, 3.63) is 35.9 Å². The molecule has 1 aliphatic rings. The molecule has 1 fully saturated rings. The molecule has 0 spiro atoms. The highest BCUT2D eigenvalue weighted by Gasteiger charge is 2.34. The van der Waals surface area contributed by atoms with Crippen molar-refractivity contribution in [2.75, 3.05) is 19.6 Å². The third-order valence-electron chi connectivity index (χ3n) is 4.50. The SMILES string of the molecule is CC(C)(CN)C(=O)N1CCC(C(O)c2ccccc2)CC1.Cl. The fraction of sp³-hybridized carbons (Fsp3) is 0.588. The standard InChI is InChI=1S/C17H26N2O2.ClH/c1-17(2,12-18)16(21)19-10-8-14(9-11-19)15(20)13-6-4-3-5-7-13;/h3-7,14-15,20H,8-12,18H2,1-2H3;1H. The smallest absolute Gasteiger partial charge is 0.229 e. The average Bonchev–Trinajstić information content (AvgIpc) is 2.54. The Hall–Kier alpha value is -1.10. The molecule has 1 atom stereocenters. The van der Waals surface area contributed by atoms with E-state index in [9.17, 15) is 9.90 Å². The summed E-state index contributed by atoms with van der Waals surface area (Å²) in [5.74, 6) is 0.343. The lowest BCUT2D eigenvalue weighted by molar-refractivity contribution is -0.141. The minimum atomic E-state index is -0.495. The lowest BCUT2D eigenvalue weighted by atomic mass is 9.85. The van der Waals surface area contributed by atoms with Crippen molar-refractivity contribution in [1.82, 2.24) is 4.90 Å². The lowest BCUT2D eigenvalue weighted by Crippen LogP contribution is -2.48. The molecule has 1 aliphatic heterocycles. The number of carbonyl (C=O) groups excluding carboxylic acids is 1. The molecule has 124 valence electrons. The molecule has 4 nitrogen and oxygen atoms in total. The van der Waals surface area contributed by atoms with Gasteiger partial charge in [0.1, 0.15) is 0 Å². The summed E-state index contributed by atoms with van der Waals surface area (Å²) in [4.78, 5) is 14.3. The van der Waals surface area contributed by atoms with Gasteiger partial charge in [-0.1, -0.05) is 30.3 Å². The van der Waals surface area contributed by atoms with Gasteiger partial charge in [-0.3, -0.25) is 4.79 Å². The molecule has 0 aromatic heterocycles. The Balaban J connectivity index is 0.00000242. The van der Waals surface area contributed by atoms with Gasteiger partial charge in [0.2, 0.25) is 5.91 Å². The molecule has 0 aliphatic carbocycles. The van der Waals surface area contributed by atoms with Gasteiger partial charge in [-0.15, -0.1) is 12.4 Å². The second kappa shape index (κ2) is 7.95. The first-order chi connectivity index (χ1) is 9.95. The first kappa shape index (κ1) is 18.9. The molecule has 3 N–H and O–H groups in total. The highest BCUT2D eigenvalue weighted by atomic mass is 35.5. The molecular weight excluding hydrogens is 300 g/mol. The van der Waals surface area contributed by atoms with Crippen LogP contribution in [0, 0.1) is 11.3 Å². The van der Waals surface area contributed by atoms with Crippen molar-refractivity contribution < 1.29 is 9.90 Å². The monoisotopic (exact) mass is 326 g/mol. The van der Waals surface area contributed by atoms with Gasteiger partial charge >= 0.3 is 0 Å². The minimum Gasteiger partial charge on any atom is -0.388 e. The summed E-state index contributed by atoms with van der Waals surface area (Å²) in [6.45, 7) is 5.55. The molecule has 22 heavy (non-hydrogen) atoms. The molecule has 1 aromatic carbocycles. The van der Waals surface area contributed by atoms with Gasteiger partial charge in [0.05, 0.1) is 11.5 Å². The summed E-state index contributed by atoms with van der Waals surface area (Å²) >= 11 is 0. The molecule has 0 radical (unpaired) electrons. The summed E-state index contributed by atoms with van der Waals surface area (Å²) in [5.41, 5.74) is 6.15. The van der Waals surface area contributed by atoms with E-state index in [2.05, 4.69) is 0 Å². The highest BCUT2D eigenvalue weighted by Crippen LogP contribution is 2.31. The number of hydrogen-bond acceptors (Lipinski definition) is 3. The summed E-state index contributed by atoms with van der Waals surface area (Å²) in [6.07, 6.45) is 1.23. The van der Waals surface area contributed by atoms with E-state index in [0.717, 1.165) is 18.4 Å². The Morgan fingerprint density at radius 2 is 1.86 bits per heavy atom. The van der Waals surface area contributed by atoms with Gasteiger partial charge in [0, 0.05) is 19.6 Å². The van der Waals surface area contributed by atoms with Crippen molar-refractivity contribution in [1.29, 1.82) is 0 Å². The number of likely N-dealkylation sites (tertiary alicyclic amines) is 1. The van der Waals surface area contributed by atoms with Crippen LogP contribution >= 0.6 is 12.4 Å². The Bertz CT molecular complexity index is 471. The van der Waals surface area contributed by atoms with Crippen LogP contribution in [0.5, 0.6) is 0 Å². The Kier molecular flexibility index (Phi) is 6.85. The van der Waals surface area contributed by atoms with E-state index in [1.54, 1.807) is 0 Å². The molecule has 5 heteroatoms. The fourth-order valence-corrected chi connectivity index (χ4v) is 2.86. The van der Waals surface area contributed by atoms with Crippen LogP contribution in [0.1, 0.15) is 38.4 Å². The lowest BCUT2D eigenvalue weighted by Gasteiger charge is -2.38. The van der Waals surface area contributed by atoms with Crippen LogP contribution in [0.25, 0.3) is 0 Å². The molecule has 1 saturated heterocycles. The molecule has 1 heterocycles. The maximum Gasteiger partial charge on any atom is 0.229 e. The van der Waals surface area contributed by atoms with E-state index in [1.807, 2.05) is 49.1 Å². The maximum atomic E-state index is 12.4. The topological polar surface area (TPSA) is 66.6 Å². The number of aliphatic hydroxyl groups is 1. The number of amides is 1. The number of halogens is 1. The molecule has 0 bridgehead atoms. The molecule has 1 aromatic rings. The van der Waals surface area contributed by atoms with Crippen molar-refractivity contribution in [3.8, 4) is 0 Å². The number of hydrogen-bond donors (Lipinski definition) is 2. The van der Waals surface area contributed by atoms with E-state index in [-0.39, 0.29) is 24.2 Å². The van der Waals surface area contributed by atoms with Gasteiger partial charge < -0.3 is 15.7 Å². The fourth-order valence-electron chi connectivity index (χ4n) is 2.86. The first-order valence-electron chi connectivity index (χ1n) is 7.68. The van der Waals surface area contributed by atoms with Crippen LogP contribution in [-0.4, -0.2) is 35.5 Å². The Labute approximate surface area is 139 Å². The molecular formula is C17H27ClN2O2. The predicted molar refractivity (Wildman–Crippen MR) is 90.8 cm³/mol. The highest BCUT2D eigenvalue weighted by molar-refractivity contribution is 5.85. The molecule has 0 saturated carbocycles. The van der Waals surface area contributed by atoms with Gasteiger partial charge in [0.25, 0.3) is 0 Å². The number of rotatable bonds is 4. The molecule has 2 rings (SSSR count). The van der Waals surface area contributed by atoms with Crippen LogP contribution in [0.4, 0.5) is 0 Å². The van der Waals surface area contributed by atoms with E-state index in [4.69, 9.17) is 5.73 Å². The largest absolute Gasteiger partial charge is 0.388 e. The quantitative estimate of drug-likeness (QED) is 0.892. The van der Waals surface area contributed by atoms with E-state index in [0.29, 0.717) is 19.6 Å². The second-order valence-electron chi connectivity index (χ2n) is 6.57. The van der Waals surface area contributed by atoms with Crippen LogP contribution < -0.4 is 5.73 Å². The van der Waals surface area contributed by atoms with Crippen molar-refractivity contribution in [3.63, 3.8) is 0 Å². The van der Waals surface area contributed by atoms with Gasteiger partial charge in [-0.2, -0.15) is 0 Å². The predicted octanol–water partition coefficient (Wildman–Crippen LogP) is 2.37. The number of nitrogens with two attached hydrogens (primary N) is 1. The summed E-state index contributed by atoms with van der Waals surface area (Å²) in [7, 11) is 0. The van der Waals surface area contributed by atoms with E-state index >= 15 is 0 Å². The first-order valence-corrected chi connectivity index (χ1v) is 7.68. The molecule has 1 unspecified atom stereocenters. The summed E-state index contributed by atoms with van der Waals surface area (Å²) in [5, 5.41) is 10.5. The maximum absolute atomic E-state index is 12.4.